The Bertz CT molecular complexity index is 993. The second-order valence-electron chi connectivity index (χ2n) is 8.44. The van der Waals surface area contributed by atoms with Crippen LogP contribution in [0.1, 0.15) is 61.7 Å². The first-order chi connectivity index (χ1) is 14.1. The van der Waals surface area contributed by atoms with Gasteiger partial charge in [0.1, 0.15) is 11.5 Å². The number of ether oxygens (including phenoxy) is 3. The predicted molar refractivity (Wildman–Crippen MR) is 116 cm³/mol. The number of hydrogen-bond acceptors (Lipinski definition) is 5. The minimum Gasteiger partial charge on any atom is -0.479 e. The van der Waals surface area contributed by atoms with E-state index in [1.807, 2.05) is 19.1 Å². The molecule has 0 aliphatic carbocycles. The summed E-state index contributed by atoms with van der Waals surface area (Å²) in [5.41, 5.74) is 3.43. The molecule has 1 aliphatic rings. The summed E-state index contributed by atoms with van der Waals surface area (Å²) >= 11 is 0. The van der Waals surface area contributed by atoms with Gasteiger partial charge in [-0.05, 0) is 55.0 Å². The topological polar surface area (TPSA) is 61.8 Å². The molecule has 1 heterocycles. The fourth-order valence-electron chi connectivity index (χ4n) is 3.29. The molecule has 30 heavy (non-hydrogen) atoms. The summed E-state index contributed by atoms with van der Waals surface area (Å²) < 4.78 is 16.5. The number of hydrogen-bond donors (Lipinski definition) is 0. The summed E-state index contributed by atoms with van der Waals surface area (Å²) in [5.74, 6) is 0.561. The average Bonchev–Trinajstić information content (AvgIpc) is 2.97. The zero-order valence-corrected chi connectivity index (χ0v) is 18.4. The summed E-state index contributed by atoms with van der Waals surface area (Å²) in [5, 5.41) is 0. The van der Waals surface area contributed by atoms with E-state index in [1.165, 1.54) is 5.56 Å². The zero-order chi connectivity index (χ0) is 22.1. The van der Waals surface area contributed by atoms with E-state index in [0.717, 1.165) is 11.1 Å². The maximum absolute atomic E-state index is 12.9. The lowest BCUT2D eigenvalue weighted by molar-refractivity contribution is -0.150. The molecule has 0 fully saturated rings. The lowest BCUT2D eigenvalue weighted by atomic mass is 9.86. The third-order valence-corrected chi connectivity index (χ3v) is 4.95. The number of Topliss-reactive ketones (excluding diaryl/α,β-unsaturated/α-hetero) is 1. The Morgan fingerprint density at radius 2 is 1.83 bits per heavy atom. The van der Waals surface area contributed by atoms with E-state index in [0.29, 0.717) is 17.1 Å². The summed E-state index contributed by atoms with van der Waals surface area (Å²) in [6, 6.07) is 11.5. The van der Waals surface area contributed by atoms with Crippen molar-refractivity contribution in [3.8, 4) is 11.5 Å². The molecule has 5 nitrogen and oxygen atoms in total. The summed E-state index contributed by atoms with van der Waals surface area (Å²) in [7, 11) is 0. The standard InChI is InChI=1S/C25H28O5/c1-7-28-24(27)16(3)29-19-12-15(2)22-20(14-19)30-21(23(22)26)13-17-8-10-18(11-9-17)25(4,5)6/h8-14,16H,7H2,1-6H3/b21-13-. The smallest absolute Gasteiger partial charge is 0.347 e. The largest absolute Gasteiger partial charge is 0.479 e. The van der Waals surface area contributed by atoms with Gasteiger partial charge in [0, 0.05) is 6.07 Å². The molecule has 1 aliphatic heterocycles. The average molecular weight is 408 g/mol. The van der Waals surface area contributed by atoms with E-state index in [9.17, 15) is 9.59 Å². The first kappa shape index (κ1) is 21.6. The van der Waals surface area contributed by atoms with Crippen molar-refractivity contribution >= 4 is 17.8 Å². The molecule has 0 spiro atoms. The van der Waals surface area contributed by atoms with E-state index in [4.69, 9.17) is 14.2 Å². The van der Waals surface area contributed by atoms with Crippen molar-refractivity contribution in [2.45, 2.75) is 53.1 Å². The number of carbonyl (C=O) groups excluding carboxylic acids is 2. The Labute approximate surface area is 177 Å². The van der Waals surface area contributed by atoms with Crippen LogP contribution in [0.4, 0.5) is 0 Å². The first-order valence-corrected chi connectivity index (χ1v) is 10.1. The number of esters is 1. The summed E-state index contributed by atoms with van der Waals surface area (Å²) in [4.78, 5) is 24.7. The predicted octanol–water partition coefficient (Wildman–Crippen LogP) is 5.24. The van der Waals surface area contributed by atoms with E-state index in [2.05, 4.69) is 32.9 Å². The van der Waals surface area contributed by atoms with Gasteiger partial charge in [-0.15, -0.1) is 0 Å². The van der Waals surface area contributed by atoms with Crippen molar-refractivity contribution in [2.75, 3.05) is 6.61 Å². The second-order valence-corrected chi connectivity index (χ2v) is 8.44. The van der Waals surface area contributed by atoms with Gasteiger partial charge >= 0.3 is 5.97 Å². The van der Waals surface area contributed by atoms with Gasteiger partial charge in [-0.1, -0.05) is 45.0 Å². The van der Waals surface area contributed by atoms with Crippen LogP contribution in [0, 0.1) is 6.92 Å². The van der Waals surface area contributed by atoms with Crippen molar-refractivity contribution in [3.63, 3.8) is 0 Å². The molecule has 0 saturated carbocycles. The number of fused-ring (bicyclic) bond motifs is 1. The fraction of sp³-hybridized carbons (Fsp3) is 0.360. The van der Waals surface area contributed by atoms with Crippen LogP contribution < -0.4 is 9.47 Å². The monoisotopic (exact) mass is 408 g/mol. The van der Waals surface area contributed by atoms with Crippen LogP contribution >= 0.6 is 0 Å². The summed E-state index contributed by atoms with van der Waals surface area (Å²) in [6.07, 6.45) is 0.992. The van der Waals surface area contributed by atoms with Crippen LogP contribution in [-0.4, -0.2) is 24.5 Å². The molecule has 0 saturated heterocycles. The highest BCUT2D eigenvalue weighted by molar-refractivity contribution is 6.15. The Hall–Kier alpha value is -3.08. The number of rotatable bonds is 5. The number of aryl methyl sites for hydroxylation is 1. The molecule has 1 atom stereocenters. The normalized spacial score (nSPS) is 15.5. The van der Waals surface area contributed by atoms with Gasteiger partial charge in [0.05, 0.1) is 12.2 Å². The van der Waals surface area contributed by atoms with Gasteiger partial charge in [-0.25, -0.2) is 4.79 Å². The van der Waals surface area contributed by atoms with Crippen LogP contribution in [-0.2, 0) is 14.9 Å². The maximum atomic E-state index is 12.9. The molecule has 2 aromatic rings. The Morgan fingerprint density at radius 1 is 1.17 bits per heavy atom. The van der Waals surface area contributed by atoms with Crippen molar-refractivity contribution in [3.05, 3.63) is 64.4 Å². The van der Waals surface area contributed by atoms with Gasteiger partial charge in [0.25, 0.3) is 0 Å². The summed E-state index contributed by atoms with van der Waals surface area (Å²) in [6.45, 7) is 12.0. The molecule has 2 aromatic carbocycles. The molecular weight excluding hydrogens is 380 g/mol. The Kier molecular flexibility index (Phi) is 6.01. The third kappa shape index (κ3) is 4.56. The number of carbonyl (C=O) groups is 2. The van der Waals surface area contributed by atoms with E-state index < -0.39 is 12.1 Å². The highest BCUT2D eigenvalue weighted by Crippen LogP contribution is 2.38. The molecule has 5 heteroatoms. The highest BCUT2D eigenvalue weighted by Gasteiger charge is 2.30. The molecule has 0 radical (unpaired) electrons. The lowest BCUT2D eigenvalue weighted by Gasteiger charge is -2.18. The minimum absolute atomic E-state index is 0.0653. The van der Waals surface area contributed by atoms with E-state index >= 15 is 0 Å². The zero-order valence-electron chi connectivity index (χ0n) is 18.4. The Balaban J connectivity index is 1.83. The lowest BCUT2D eigenvalue weighted by Crippen LogP contribution is -2.26. The van der Waals surface area contributed by atoms with Crippen molar-refractivity contribution in [2.24, 2.45) is 0 Å². The maximum Gasteiger partial charge on any atom is 0.347 e. The van der Waals surface area contributed by atoms with E-state index in [-0.39, 0.29) is 23.6 Å². The molecule has 0 N–H and O–H groups in total. The number of ketones is 1. The van der Waals surface area contributed by atoms with Crippen molar-refractivity contribution in [1.29, 1.82) is 0 Å². The molecule has 0 aromatic heterocycles. The van der Waals surface area contributed by atoms with Crippen LogP contribution in [0.3, 0.4) is 0 Å². The molecule has 3 rings (SSSR count). The SMILES string of the molecule is CCOC(=O)C(C)Oc1cc(C)c2c(c1)O/C(=C\c1ccc(C(C)(C)C)cc1)C2=O. The van der Waals surface area contributed by atoms with Gasteiger partial charge in [0.15, 0.2) is 11.9 Å². The molecule has 158 valence electrons. The van der Waals surface area contributed by atoms with Crippen LogP contribution in [0.25, 0.3) is 6.08 Å². The molecular formula is C25H28O5. The second kappa shape index (κ2) is 8.34. The van der Waals surface area contributed by atoms with Crippen LogP contribution in [0.15, 0.2) is 42.2 Å². The molecule has 0 amide bonds. The quantitative estimate of drug-likeness (QED) is 0.500. The van der Waals surface area contributed by atoms with Gasteiger partial charge in [-0.3, -0.25) is 4.79 Å². The highest BCUT2D eigenvalue weighted by atomic mass is 16.6. The van der Waals surface area contributed by atoms with E-state index in [1.54, 1.807) is 32.1 Å². The van der Waals surface area contributed by atoms with Crippen molar-refractivity contribution < 1.29 is 23.8 Å². The third-order valence-electron chi connectivity index (χ3n) is 4.95. The first-order valence-electron chi connectivity index (χ1n) is 10.1. The van der Waals surface area contributed by atoms with Crippen molar-refractivity contribution in [1.82, 2.24) is 0 Å². The number of benzene rings is 2. The van der Waals surface area contributed by atoms with Gasteiger partial charge < -0.3 is 14.2 Å². The molecule has 1 unspecified atom stereocenters. The minimum atomic E-state index is -0.754. The Morgan fingerprint density at radius 3 is 2.43 bits per heavy atom. The number of allylic oxidation sites excluding steroid dienone is 1. The van der Waals surface area contributed by atoms with Crippen LogP contribution in [0.2, 0.25) is 0 Å². The molecule has 0 bridgehead atoms. The van der Waals surface area contributed by atoms with Gasteiger partial charge in [-0.2, -0.15) is 0 Å². The van der Waals surface area contributed by atoms with Crippen LogP contribution in [0.5, 0.6) is 11.5 Å². The van der Waals surface area contributed by atoms with Gasteiger partial charge in [0.2, 0.25) is 5.78 Å². The fourth-order valence-corrected chi connectivity index (χ4v) is 3.29.